The largest absolute Gasteiger partial charge is 0.485 e. The summed E-state index contributed by atoms with van der Waals surface area (Å²) in [5.41, 5.74) is -0.0817. The summed E-state index contributed by atoms with van der Waals surface area (Å²) in [7, 11) is 0. The summed E-state index contributed by atoms with van der Waals surface area (Å²) < 4.78 is 10.4. The molecule has 7 heteroatoms. The lowest BCUT2D eigenvalue weighted by molar-refractivity contribution is 0.0692. The molecule has 20 heavy (non-hydrogen) atoms. The molecular weight excluding hydrogens is 284 g/mol. The van der Waals surface area contributed by atoms with Gasteiger partial charge in [-0.2, -0.15) is 4.98 Å². The molecule has 0 unspecified atom stereocenters. The molecule has 1 aromatic carbocycles. The van der Waals surface area contributed by atoms with Crippen molar-refractivity contribution in [3.63, 3.8) is 0 Å². The normalized spacial score (nSPS) is 10.8. The number of rotatable bonds is 5. The summed E-state index contributed by atoms with van der Waals surface area (Å²) in [6.45, 7) is 3.87. The monoisotopic (exact) mass is 296 g/mol. The standard InChI is InChI=1S/C13H13ClN2O4/c1-7(2)12-15-10(16-20-12)6-19-9-5-3-4-8(14)11(9)13(17)18/h3-5,7H,6H2,1-2H3,(H,17,18). The van der Waals surface area contributed by atoms with Crippen molar-refractivity contribution in [2.45, 2.75) is 26.4 Å². The molecule has 6 nitrogen and oxygen atoms in total. The Hall–Kier alpha value is -2.08. The van der Waals surface area contributed by atoms with Gasteiger partial charge in [0, 0.05) is 5.92 Å². The highest BCUT2D eigenvalue weighted by atomic mass is 35.5. The zero-order valence-corrected chi connectivity index (χ0v) is 11.7. The third kappa shape index (κ3) is 3.08. The van der Waals surface area contributed by atoms with Crippen molar-refractivity contribution in [3.05, 3.63) is 40.5 Å². The van der Waals surface area contributed by atoms with Gasteiger partial charge in [0.05, 0.1) is 5.02 Å². The molecule has 1 heterocycles. The second-order valence-electron chi connectivity index (χ2n) is 4.41. The van der Waals surface area contributed by atoms with Gasteiger partial charge >= 0.3 is 5.97 Å². The molecule has 1 N–H and O–H groups in total. The summed E-state index contributed by atoms with van der Waals surface area (Å²) in [6.07, 6.45) is 0. The maximum atomic E-state index is 11.1. The van der Waals surface area contributed by atoms with Gasteiger partial charge in [0.15, 0.2) is 6.61 Å². The highest BCUT2D eigenvalue weighted by molar-refractivity contribution is 6.33. The highest BCUT2D eigenvalue weighted by Crippen LogP contribution is 2.27. The Labute approximate surface area is 120 Å². The van der Waals surface area contributed by atoms with Crippen LogP contribution in [0.25, 0.3) is 0 Å². The van der Waals surface area contributed by atoms with Crippen LogP contribution < -0.4 is 4.74 Å². The molecule has 1 aromatic heterocycles. The van der Waals surface area contributed by atoms with Gasteiger partial charge in [0.25, 0.3) is 0 Å². The summed E-state index contributed by atoms with van der Waals surface area (Å²) in [5.74, 6) is -0.00218. The van der Waals surface area contributed by atoms with Gasteiger partial charge < -0.3 is 14.4 Å². The van der Waals surface area contributed by atoms with Crippen LogP contribution in [0.5, 0.6) is 5.75 Å². The Kier molecular flexibility index (Phi) is 4.24. The second kappa shape index (κ2) is 5.92. The Balaban J connectivity index is 2.14. The predicted molar refractivity (Wildman–Crippen MR) is 71.1 cm³/mol. The number of nitrogens with zero attached hydrogens (tertiary/aromatic N) is 2. The van der Waals surface area contributed by atoms with E-state index in [1.807, 2.05) is 13.8 Å². The molecule has 2 rings (SSSR count). The van der Waals surface area contributed by atoms with Gasteiger partial charge in [-0.15, -0.1) is 0 Å². The molecule has 0 saturated carbocycles. The summed E-state index contributed by atoms with van der Waals surface area (Å²) in [6, 6.07) is 4.63. The van der Waals surface area contributed by atoms with Crippen LogP contribution >= 0.6 is 11.6 Å². The van der Waals surface area contributed by atoms with Crippen LogP contribution in [0.2, 0.25) is 5.02 Å². The zero-order chi connectivity index (χ0) is 14.7. The first-order valence-electron chi connectivity index (χ1n) is 5.96. The fraction of sp³-hybridized carbons (Fsp3) is 0.308. The first-order chi connectivity index (χ1) is 9.49. The average Bonchev–Trinajstić information content (AvgIpc) is 2.84. The van der Waals surface area contributed by atoms with Crippen LogP contribution in [0.15, 0.2) is 22.7 Å². The van der Waals surface area contributed by atoms with Crippen molar-refractivity contribution in [3.8, 4) is 5.75 Å². The minimum absolute atomic E-state index is 0.0108. The summed E-state index contributed by atoms with van der Waals surface area (Å²) in [5, 5.41) is 13.0. The quantitative estimate of drug-likeness (QED) is 0.912. The SMILES string of the molecule is CC(C)c1nc(COc2cccc(Cl)c2C(=O)O)no1. The number of carboxylic acids is 1. The number of hydrogen-bond donors (Lipinski definition) is 1. The van der Waals surface area contributed by atoms with Crippen molar-refractivity contribution in [2.75, 3.05) is 0 Å². The summed E-state index contributed by atoms with van der Waals surface area (Å²) in [4.78, 5) is 15.3. The van der Waals surface area contributed by atoms with E-state index in [-0.39, 0.29) is 28.9 Å². The van der Waals surface area contributed by atoms with Crippen LogP contribution in [0.3, 0.4) is 0 Å². The Bertz CT molecular complexity index is 625. The fourth-order valence-electron chi connectivity index (χ4n) is 1.54. The smallest absolute Gasteiger partial charge is 0.341 e. The van der Waals surface area contributed by atoms with Crippen LogP contribution in [0.4, 0.5) is 0 Å². The summed E-state index contributed by atoms with van der Waals surface area (Å²) >= 11 is 5.84. The van der Waals surface area contributed by atoms with Crippen molar-refractivity contribution < 1.29 is 19.2 Å². The van der Waals surface area contributed by atoms with E-state index in [1.165, 1.54) is 12.1 Å². The number of hydrogen-bond acceptors (Lipinski definition) is 5. The Morgan fingerprint density at radius 2 is 2.25 bits per heavy atom. The van der Waals surface area contributed by atoms with E-state index in [0.29, 0.717) is 11.7 Å². The maximum Gasteiger partial charge on any atom is 0.341 e. The van der Waals surface area contributed by atoms with Crippen LogP contribution in [-0.2, 0) is 6.61 Å². The minimum Gasteiger partial charge on any atom is -0.485 e. The Morgan fingerprint density at radius 3 is 2.85 bits per heavy atom. The molecule has 0 aliphatic carbocycles. The number of carboxylic acid groups (broad SMARTS) is 1. The zero-order valence-electron chi connectivity index (χ0n) is 11.0. The maximum absolute atomic E-state index is 11.1. The van der Waals surface area contributed by atoms with Gasteiger partial charge in [0.2, 0.25) is 11.7 Å². The van der Waals surface area contributed by atoms with Gasteiger partial charge in [-0.25, -0.2) is 4.79 Å². The number of aromatic carboxylic acids is 1. The average molecular weight is 297 g/mol. The molecule has 0 amide bonds. The lowest BCUT2D eigenvalue weighted by Gasteiger charge is -2.08. The van der Waals surface area contributed by atoms with E-state index in [2.05, 4.69) is 10.1 Å². The number of carbonyl (C=O) groups is 1. The van der Waals surface area contributed by atoms with E-state index in [4.69, 9.17) is 26.0 Å². The van der Waals surface area contributed by atoms with Crippen molar-refractivity contribution in [2.24, 2.45) is 0 Å². The molecule has 0 fully saturated rings. The molecule has 0 aliphatic rings. The van der Waals surface area contributed by atoms with E-state index < -0.39 is 5.97 Å². The van der Waals surface area contributed by atoms with Crippen LogP contribution in [0.1, 0.15) is 41.8 Å². The van der Waals surface area contributed by atoms with Crippen LogP contribution in [0, 0.1) is 0 Å². The molecule has 0 saturated heterocycles. The lowest BCUT2D eigenvalue weighted by atomic mass is 10.2. The van der Waals surface area contributed by atoms with E-state index >= 15 is 0 Å². The highest BCUT2D eigenvalue weighted by Gasteiger charge is 2.17. The molecule has 0 atom stereocenters. The van der Waals surface area contributed by atoms with Crippen molar-refractivity contribution >= 4 is 17.6 Å². The van der Waals surface area contributed by atoms with Gasteiger partial charge in [0.1, 0.15) is 11.3 Å². The number of ether oxygens (including phenoxy) is 1. The number of halogens is 1. The first-order valence-corrected chi connectivity index (χ1v) is 6.34. The first kappa shape index (κ1) is 14.3. The van der Waals surface area contributed by atoms with E-state index in [9.17, 15) is 4.79 Å². The van der Waals surface area contributed by atoms with Gasteiger partial charge in [-0.1, -0.05) is 36.7 Å². The van der Waals surface area contributed by atoms with Crippen molar-refractivity contribution in [1.29, 1.82) is 0 Å². The molecule has 0 radical (unpaired) electrons. The molecule has 0 bridgehead atoms. The predicted octanol–water partition coefficient (Wildman–Crippen LogP) is 3.12. The molecule has 106 valence electrons. The fourth-order valence-corrected chi connectivity index (χ4v) is 1.78. The van der Waals surface area contributed by atoms with Gasteiger partial charge in [-0.05, 0) is 12.1 Å². The Morgan fingerprint density at radius 1 is 1.50 bits per heavy atom. The molecule has 0 spiro atoms. The molecule has 2 aromatic rings. The lowest BCUT2D eigenvalue weighted by Crippen LogP contribution is -2.05. The number of aromatic nitrogens is 2. The second-order valence-corrected chi connectivity index (χ2v) is 4.82. The molecule has 0 aliphatic heterocycles. The van der Waals surface area contributed by atoms with E-state index in [1.54, 1.807) is 6.07 Å². The van der Waals surface area contributed by atoms with Crippen LogP contribution in [-0.4, -0.2) is 21.2 Å². The molecular formula is C13H13ClN2O4. The number of benzene rings is 1. The minimum atomic E-state index is -1.15. The topological polar surface area (TPSA) is 85.5 Å². The van der Waals surface area contributed by atoms with Crippen molar-refractivity contribution in [1.82, 2.24) is 10.1 Å². The van der Waals surface area contributed by atoms with Gasteiger partial charge in [-0.3, -0.25) is 0 Å². The third-order valence-corrected chi connectivity index (χ3v) is 2.84. The third-order valence-electron chi connectivity index (χ3n) is 2.52. The van der Waals surface area contributed by atoms with E-state index in [0.717, 1.165) is 0 Å².